The van der Waals surface area contributed by atoms with E-state index in [1.54, 1.807) is 29.1 Å². The van der Waals surface area contributed by atoms with Gasteiger partial charge in [0.05, 0.1) is 0 Å². The van der Waals surface area contributed by atoms with Gasteiger partial charge in [-0.2, -0.15) is 0 Å². The van der Waals surface area contributed by atoms with Crippen LogP contribution in [-0.4, -0.2) is 15.3 Å². The van der Waals surface area contributed by atoms with Crippen molar-refractivity contribution in [3.63, 3.8) is 0 Å². The van der Waals surface area contributed by atoms with E-state index in [0.717, 1.165) is 0 Å². The van der Waals surface area contributed by atoms with Crippen molar-refractivity contribution in [2.24, 2.45) is 0 Å². The molecule has 0 aliphatic heterocycles. The summed E-state index contributed by atoms with van der Waals surface area (Å²) in [6, 6.07) is 5.63. The molecule has 78 valence electrons. The third-order valence-corrected chi connectivity index (χ3v) is 2.55. The molecule has 0 saturated heterocycles. The third kappa shape index (κ3) is 1.63. The summed E-state index contributed by atoms with van der Waals surface area (Å²) in [6.45, 7) is 0. The molecule has 0 fully saturated rings. The van der Waals surface area contributed by atoms with Gasteiger partial charge in [0.1, 0.15) is 11.5 Å². The molecular weight excluding hydrogens is 311 g/mol. The largest absolute Gasteiger partial charge is 0.508 e. The zero-order valence-electron chi connectivity index (χ0n) is 7.44. The van der Waals surface area contributed by atoms with Gasteiger partial charge in [-0.1, -0.05) is 0 Å². The summed E-state index contributed by atoms with van der Waals surface area (Å²) in [7, 11) is 0. The van der Waals surface area contributed by atoms with Gasteiger partial charge in [-0.15, -0.1) is 0 Å². The van der Waals surface area contributed by atoms with Gasteiger partial charge < -0.3 is 18.4 Å². The second kappa shape index (κ2) is 3.65. The number of halogens is 1. The maximum absolute atomic E-state index is 9.56. The highest BCUT2D eigenvalue weighted by Gasteiger charge is 2.12. The number of phenols is 3. The Morgan fingerprint density at radius 1 is 0.933 bits per heavy atom. The molecule has 4 nitrogen and oxygen atoms in total. The molecule has 2 aromatic carbocycles. The van der Waals surface area contributed by atoms with Crippen LogP contribution in [0.3, 0.4) is 0 Å². The van der Waals surface area contributed by atoms with Gasteiger partial charge in [-0.3, -0.25) is 0 Å². The predicted molar refractivity (Wildman–Crippen MR) is 63.6 cm³/mol. The van der Waals surface area contributed by atoms with Crippen molar-refractivity contribution >= 4 is 33.8 Å². The number of aromatic hydroxyl groups is 3. The summed E-state index contributed by atoms with van der Waals surface area (Å²) in [5, 5.41) is 29.4. The van der Waals surface area contributed by atoms with Gasteiger partial charge in [-0.25, -0.2) is 0 Å². The lowest BCUT2D eigenvalue weighted by molar-refractivity contribution is 0.443. The van der Waals surface area contributed by atoms with Gasteiger partial charge in [0, 0.05) is 16.8 Å². The highest BCUT2D eigenvalue weighted by molar-refractivity contribution is 14.1. The van der Waals surface area contributed by atoms with E-state index < -0.39 is 0 Å². The molecule has 0 amide bonds. The molecule has 0 unspecified atom stereocenters. The second-order valence-electron chi connectivity index (χ2n) is 3.05. The average Bonchev–Trinajstić information content (AvgIpc) is 2.17. The van der Waals surface area contributed by atoms with E-state index in [1.165, 1.54) is 18.2 Å². The smallest absolute Gasteiger partial charge is 0.192 e. The number of rotatable bonds is 1. The molecular formula is C10H7IO4. The number of benzene rings is 2. The molecule has 0 spiro atoms. The fourth-order valence-electron chi connectivity index (χ4n) is 1.44. The highest BCUT2D eigenvalue weighted by atomic mass is 127. The normalized spacial score (nSPS) is 10.5. The second-order valence-corrected chi connectivity index (χ2v) is 3.49. The Hall–Kier alpha value is -1.37. The minimum atomic E-state index is -0.167. The highest BCUT2D eigenvalue weighted by Crippen LogP contribution is 2.42. The van der Waals surface area contributed by atoms with E-state index in [4.69, 9.17) is 3.07 Å². The summed E-state index contributed by atoms with van der Waals surface area (Å²) >= 11 is 1.63. The van der Waals surface area contributed by atoms with Crippen LogP contribution in [0, 0.1) is 0 Å². The van der Waals surface area contributed by atoms with Crippen LogP contribution in [0.25, 0.3) is 10.8 Å². The van der Waals surface area contributed by atoms with Crippen molar-refractivity contribution in [3.05, 3.63) is 24.3 Å². The maximum Gasteiger partial charge on any atom is 0.192 e. The molecule has 0 bridgehead atoms. The van der Waals surface area contributed by atoms with Crippen molar-refractivity contribution in [1.82, 2.24) is 0 Å². The van der Waals surface area contributed by atoms with E-state index in [-0.39, 0.29) is 23.0 Å². The van der Waals surface area contributed by atoms with Crippen LogP contribution >= 0.6 is 23.0 Å². The van der Waals surface area contributed by atoms with Gasteiger partial charge in [0.2, 0.25) is 0 Å². The first-order valence-electron chi connectivity index (χ1n) is 4.09. The first-order chi connectivity index (χ1) is 7.13. The Labute approximate surface area is 99.4 Å². The van der Waals surface area contributed by atoms with Gasteiger partial charge in [0.25, 0.3) is 0 Å². The zero-order chi connectivity index (χ0) is 11.0. The Kier molecular flexibility index (Phi) is 2.47. The van der Waals surface area contributed by atoms with Crippen LogP contribution in [-0.2, 0) is 0 Å². The summed E-state index contributed by atoms with van der Waals surface area (Å²) in [6.07, 6.45) is 0. The minimum Gasteiger partial charge on any atom is -0.508 e. The molecule has 0 aromatic heterocycles. The fourth-order valence-corrected chi connectivity index (χ4v) is 1.90. The molecule has 2 rings (SSSR count). The Morgan fingerprint density at radius 3 is 2.33 bits per heavy atom. The molecule has 0 radical (unpaired) electrons. The van der Waals surface area contributed by atoms with E-state index in [2.05, 4.69) is 0 Å². The lowest BCUT2D eigenvalue weighted by Gasteiger charge is -2.08. The Bertz CT molecular complexity index is 524. The van der Waals surface area contributed by atoms with Crippen molar-refractivity contribution in [2.45, 2.75) is 0 Å². The van der Waals surface area contributed by atoms with Crippen molar-refractivity contribution in [1.29, 1.82) is 0 Å². The number of hydrogen-bond donors (Lipinski definition) is 3. The summed E-state index contributed by atoms with van der Waals surface area (Å²) < 4.78 is 4.97. The lowest BCUT2D eigenvalue weighted by atomic mass is 10.1. The molecule has 0 heterocycles. The third-order valence-electron chi connectivity index (χ3n) is 2.11. The lowest BCUT2D eigenvalue weighted by Crippen LogP contribution is -1.81. The SMILES string of the molecule is Oc1ccc2c(O)cc(O)c(OI)c2c1. The van der Waals surface area contributed by atoms with Crippen molar-refractivity contribution < 1.29 is 18.4 Å². The average molecular weight is 318 g/mol. The molecule has 5 heteroatoms. The van der Waals surface area contributed by atoms with Gasteiger partial charge in [-0.05, 0) is 18.2 Å². The van der Waals surface area contributed by atoms with E-state index in [0.29, 0.717) is 10.8 Å². The molecule has 0 aliphatic carbocycles. The number of phenolic OH excluding ortho intramolecular Hbond substituents is 3. The van der Waals surface area contributed by atoms with Gasteiger partial charge >= 0.3 is 0 Å². The summed E-state index contributed by atoms with van der Waals surface area (Å²) in [4.78, 5) is 0. The zero-order valence-corrected chi connectivity index (χ0v) is 9.59. The van der Waals surface area contributed by atoms with Crippen LogP contribution in [0.1, 0.15) is 0 Å². The monoisotopic (exact) mass is 318 g/mol. The predicted octanol–water partition coefficient (Wildman–Crippen LogP) is 2.69. The van der Waals surface area contributed by atoms with Crippen LogP contribution in [0.5, 0.6) is 23.0 Å². The van der Waals surface area contributed by atoms with Crippen molar-refractivity contribution in [2.75, 3.05) is 0 Å². The molecule has 0 atom stereocenters. The molecule has 0 saturated carbocycles. The Morgan fingerprint density at radius 2 is 1.67 bits per heavy atom. The first-order valence-corrected chi connectivity index (χ1v) is 4.98. The van der Waals surface area contributed by atoms with Crippen LogP contribution in [0.4, 0.5) is 0 Å². The minimum absolute atomic E-state index is 0.0437. The molecule has 15 heavy (non-hydrogen) atoms. The van der Waals surface area contributed by atoms with Crippen LogP contribution in [0.15, 0.2) is 24.3 Å². The van der Waals surface area contributed by atoms with Crippen LogP contribution < -0.4 is 3.07 Å². The van der Waals surface area contributed by atoms with E-state index >= 15 is 0 Å². The number of hydrogen-bond acceptors (Lipinski definition) is 4. The number of fused-ring (bicyclic) bond motifs is 1. The molecule has 2 aromatic rings. The van der Waals surface area contributed by atoms with E-state index in [1.807, 2.05) is 0 Å². The van der Waals surface area contributed by atoms with Crippen molar-refractivity contribution in [3.8, 4) is 23.0 Å². The molecule has 3 N–H and O–H groups in total. The van der Waals surface area contributed by atoms with Crippen LogP contribution in [0.2, 0.25) is 0 Å². The topological polar surface area (TPSA) is 69.9 Å². The van der Waals surface area contributed by atoms with E-state index in [9.17, 15) is 15.3 Å². The first kappa shape index (κ1) is 10.2. The molecule has 0 aliphatic rings. The summed E-state index contributed by atoms with van der Waals surface area (Å²) in [5.74, 6) is 0.0428. The standard InChI is InChI=1S/C10H7IO4/c11-15-10-7-3-5(12)1-2-6(7)8(13)4-9(10)14/h1-4,12-14H. The summed E-state index contributed by atoms with van der Waals surface area (Å²) in [5.41, 5.74) is 0. The fraction of sp³-hybridized carbons (Fsp3) is 0. The van der Waals surface area contributed by atoms with Gasteiger partial charge in [0.15, 0.2) is 34.5 Å². The quantitative estimate of drug-likeness (QED) is 0.707. The maximum atomic E-state index is 9.56. The Balaban J connectivity index is 2.91.